The van der Waals surface area contributed by atoms with Crippen molar-refractivity contribution in [3.8, 4) is 28.7 Å². The van der Waals surface area contributed by atoms with Gasteiger partial charge in [0.05, 0.1) is 0 Å². The van der Waals surface area contributed by atoms with Crippen LogP contribution in [0.15, 0.2) is 152 Å². The molecular formula is C40H36O7. The fourth-order valence-corrected chi connectivity index (χ4v) is 5.50. The minimum absolute atomic E-state index is 0.179. The zero-order valence-electron chi connectivity index (χ0n) is 26.0. The first-order valence-corrected chi connectivity index (χ1v) is 15.5. The van der Waals surface area contributed by atoms with E-state index >= 15 is 0 Å². The Hall–Kier alpha value is -5.53. The predicted molar refractivity (Wildman–Crippen MR) is 179 cm³/mol. The Morgan fingerprint density at radius 2 is 1.15 bits per heavy atom. The fraction of sp³-hybridized carbons (Fsp3) is 0.175. The molecule has 47 heavy (non-hydrogen) atoms. The van der Waals surface area contributed by atoms with Crippen molar-refractivity contribution in [1.82, 2.24) is 0 Å². The van der Waals surface area contributed by atoms with Crippen LogP contribution in [0.2, 0.25) is 0 Å². The Morgan fingerprint density at radius 3 is 1.66 bits per heavy atom. The molecule has 1 heterocycles. The van der Waals surface area contributed by atoms with Crippen LogP contribution in [0, 0.1) is 6.92 Å². The summed E-state index contributed by atoms with van der Waals surface area (Å²) < 4.78 is 39.0. The Kier molecular flexibility index (Phi) is 10.2. The quantitative estimate of drug-likeness (QED) is 0.0789. The SMILES string of the molecule is C=CC(=O)Oc1ccc([C@H]2O[C@H](COc3ccccc3)[C@@H](Oc3ccccc3)[C@H](Oc3ccccc3)[C@@H]2Oc2ccccc2)cc1C. The van der Waals surface area contributed by atoms with Crippen molar-refractivity contribution in [3.05, 3.63) is 163 Å². The lowest BCUT2D eigenvalue weighted by Gasteiger charge is -2.46. The highest BCUT2D eigenvalue weighted by Crippen LogP contribution is 2.40. The summed E-state index contributed by atoms with van der Waals surface area (Å²) in [7, 11) is 0. The summed E-state index contributed by atoms with van der Waals surface area (Å²) in [4.78, 5) is 12.0. The van der Waals surface area contributed by atoms with Gasteiger partial charge in [0.1, 0.15) is 47.6 Å². The molecule has 0 amide bonds. The summed E-state index contributed by atoms with van der Waals surface area (Å²) in [5, 5.41) is 0. The van der Waals surface area contributed by atoms with Crippen molar-refractivity contribution < 1.29 is 33.2 Å². The van der Waals surface area contributed by atoms with Crippen molar-refractivity contribution >= 4 is 5.97 Å². The van der Waals surface area contributed by atoms with E-state index in [1.807, 2.05) is 140 Å². The second kappa shape index (κ2) is 15.2. The molecule has 1 aliphatic rings. The van der Waals surface area contributed by atoms with Crippen LogP contribution in [0.25, 0.3) is 0 Å². The average Bonchev–Trinajstić information content (AvgIpc) is 3.11. The minimum Gasteiger partial charge on any atom is -0.491 e. The summed E-state index contributed by atoms with van der Waals surface area (Å²) in [6.45, 7) is 5.56. The molecule has 0 radical (unpaired) electrons. The van der Waals surface area contributed by atoms with E-state index in [1.165, 1.54) is 0 Å². The van der Waals surface area contributed by atoms with E-state index in [0.29, 0.717) is 28.7 Å². The minimum atomic E-state index is -0.680. The van der Waals surface area contributed by atoms with Crippen LogP contribution in [-0.4, -0.2) is 37.0 Å². The molecule has 0 aliphatic carbocycles. The highest BCUT2D eigenvalue weighted by atomic mass is 16.6. The summed E-state index contributed by atoms with van der Waals surface area (Å²) in [6.07, 6.45) is -2.09. The molecular weight excluding hydrogens is 592 g/mol. The fourth-order valence-electron chi connectivity index (χ4n) is 5.50. The van der Waals surface area contributed by atoms with Crippen molar-refractivity contribution in [1.29, 1.82) is 0 Å². The molecule has 238 valence electrons. The Balaban J connectivity index is 1.44. The number of carbonyl (C=O) groups excluding carboxylic acids is 1. The second-order valence-electron chi connectivity index (χ2n) is 11.1. The highest BCUT2D eigenvalue weighted by Gasteiger charge is 2.51. The summed E-state index contributed by atoms with van der Waals surface area (Å²) in [5.74, 6) is 2.58. The molecule has 6 rings (SSSR count). The Morgan fingerprint density at radius 1 is 0.660 bits per heavy atom. The van der Waals surface area contributed by atoms with Crippen molar-refractivity contribution in [2.24, 2.45) is 0 Å². The van der Waals surface area contributed by atoms with Gasteiger partial charge in [-0.1, -0.05) is 85.4 Å². The first-order chi connectivity index (χ1) is 23.1. The second-order valence-corrected chi connectivity index (χ2v) is 11.1. The molecule has 1 saturated heterocycles. The first kappa shape index (κ1) is 31.5. The van der Waals surface area contributed by atoms with Crippen molar-refractivity contribution in [2.75, 3.05) is 6.61 Å². The molecule has 0 aromatic heterocycles. The number of ether oxygens (including phenoxy) is 6. The third-order valence-corrected chi connectivity index (χ3v) is 7.74. The molecule has 5 aromatic rings. The number of carbonyl (C=O) groups is 1. The molecule has 0 spiro atoms. The van der Waals surface area contributed by atoms with E-state index in [9.17, 15) is 4.79 Å². The molecule has 0 bridgehead atoms. The van der Waals surface area contributed by atoms with Gasteiger partial charge in [-0.2, -0.15) is 0 Å². The molecule has 7 heteroatoms. The summed E-state index contributed by atoms with van der Waals surface area (Å²) in [5.41, 5.74) is 1.56. The monoisotopic (exact) mass is 628 g/mol. The third kappa shape index (κ3) is 8.01. The van der Waals surface area contributed by atoms with Crippen LogP contribution in [0.3, 0.4) is 0 Å². The van der Waals surface area contributed by atoms with Crippen LogP contribution < -0.4 is 23.7 Å². The normalized spacial score (nSPS) is 20.4. The smallest absolute Gasteiger partial charge is 0.335 e. The van der Waals surface area contributed by atoms with E-state index in [1.54, 1.807) is 6.07 Å². The van der Waals surface area contributed by atoms with Crippen LogP contribution in [0.1, 0.15) is 17.2 Å². The van der Waals surface area contributed by atoms with Gasteiger partial charge >= 0.3 is 5.97 Å². The molecule has 5 aromatic carbocycles. The number of para-hydroxylation sites is 4. The topological polar surface area (TPSA) is 72.5 Å². The van der Waals surface area contributed by atoms with Crippen LogP contribution in [0.5, 0.6) is 28.7 Å². The molecule has 0 N–H and O–H groups in total. The zero-order chi connectivity index (χ0) is 32.4. The van der Waals surface area contributed by atoms with Gasteiger partial charge in [0.2, 0.25) is 0 Å². The zero-order valence-corrected chi connectivity index (χ0v) is 26.0. The van der Waals surface area contributed by atoms with Gasteiger partial charge in [0.15, 0.2) is 18.3 Å². The molecule has 0 saturated carbocycles. The van der Waals surface area contributed by atoms with E-state index in [4.69, 9.17) is 28.4 Å². The molecule has 0 unspecified atom stereocenters. The maximum Gasteiger partial charge on any atom is 0.335 e. The van der Waals surface area contributed by atoms with Gasteiger partial charge in [-0.25, -0.2) is 4.79 Å². The van der Waals surface area contributed by atoms with Crippen molar-refractivity contribution in [3.63, 3.8) is 0 Å². The number of benzene rings is 5. The number of esters is 1. The Bertz CT molecular complexity index is 1730. The molecule has 1 fully saturated rings. The lowest BCUT2D eigenvalue weighted by molar-refractivity contribution is -0.210. The van der Waals surface area contributed by atoms with E-state index < -0.39 is 36.5 Å². The molecule has 7 nitrogen and oxygen atoms in total. The summed E-state index contributed by atoms with van der Waals surface area (Å²) >= 11 is 0. The number of hydrogen-bond donors (Lipinski definition) is 0. The predicted octanol–water partition coefficient (Wildman–Crippen LogP) is 7.95. The summed E-state index contributed by atoms with van der Waals surface area (Å²) in [6, 6.07) is 43.9. The largest absolute Gasteiger partial charge is 0.491 e. The Labute approximate surface area is 274 Å². The van der Waals surface area contributed by atoms with E-state index in [-0.39, 0.29) is 6.61 Å². The van der Waals surface area contributed by atoms with Gasteiger partial charge in [-0.05, 0) is 78.7 Å². The van der Waals surface area contributed by atoms with Gasteiger partial charge in [-0.3, -0.25) is 0 Å². The first-order valence-electron chi connectivity index (χ1n) is 15.5. The van der Waals surface area contributed by atoms with Crippen molar-refractivity contribution in [2.45, 2.75) is 37.4 Å². The van der Waals surface area contributed by atoms with E-state index in [2.05, 4.69) is 6.58 Å². The maximum absolute atomic E-state index is 12.0. The van der Waals surface area contributed by atoms with Gasteiger partial charge in [-0.15, -0.1) is 0 Å². The number of aryl methyl sites for hydroxylation is 1. The third-order valence-electron chi connectivity index (χ3n) is 7.74. The van der Waals surface area contributed by atoms with E-state index in [0.717, 1.165) is 17.2 Å². The maximum atomic E-state index is 12.0. The standard InChI is InChI=1S/C40H36O7/c1-3-36(41)46-34-25-24-29(26-28(34)2)37-39(44-32-20-12-6-13-21-32)40(45-33-22-14-7-15-23-33)38(43-31-18-10-5-11-19-31)35(47-37)27-42-30-16-8-4-9-17-30/h3-26,35,37-40H,1,27H2,2H3/t35-,37-,38-,39-,40+/m1/s1. The average molecular weight is 629 g/mol. The van der Waals surface area contributed by atoms with Crippen LogP contribution in [0.4, 0.5) is 0 Å². The lowest BCUT2D eigenvalue weighted by atomic mass is 9.89. The highest BCUT2D eigenvalue weighted by molar-refractivity contribution is 5.83. The molecule has 5 atom stereocenters. The van der Waals surface area contributed by atoms with Crippen LogP contribution >= 0.6 is 0 Å². The van der Waals surface area contributed by atoms with Gasteiger partial charge in [0.25, 0.3) is 0 Å². The number of hydrogen-bond acceptors (Lipinski definition) is 7. The number of rotatable bonds is 12. The molecule has 1 aliphatic heterocycles. The van der Waals surface area contributed by atoms with Gasteiger partial charge < -0.3 is 28.4 Å². The van der Waals surface area contributed by atoms with Gasteiger partial charge in [0, 0.05) is 6.08 Å². The van der Waals surface area contributed by atoms with Crippen LogP contribution in [-0.2, 0) is 9.53 Å². The lowest BCUT2D eigenvalue weighted by Crippen LogP contribution is -2.62.